The summed E-state index contributed by atoms with van der Waals surface area (Å²) in [6.07, 6.45) is 5.24. The number of likely N-dealkylation sites (tertiary alicyclic amines) is 2. The lowest BCUT2D eigenvalue weighted by Crippen LogP contribution is -2.51. The molecule has 2 saturated heterocycles. The molecule has 3 rings (SSSR count). The number of carbonyl (C=O) groups is 2. The predicted octanol–water partition coefficient (Wildman–Crippen LogP) is 3.83. The fourth-order valence-electron chi connectivity index (χ4n) is 4.37. The monoisotopic (exact) mass is 392 g/mol. The molecule has 1 unspecified atom stereocenters. The van der Waals surface area contributed by atoms with Crippen LogP contribution in [0, 0.1) is 11.7 Å². The summed E-state index contributed by atoms with van der Waals surface area (Å²) in [6.45, 7) is 7.57. The highest BCUT2D eigenvalue weighted by Crippen LogP contribution is 2.35. The van der Waals surface area contributed by atoms with Crippen molar-refractivity contribution < 1.29 is 14.0 Å². The molecule has 0 bridgehead atoms. The van der Waals surface area contributed by atoms with E-state index in [2.05, 4.69) is 13.5 Å². The van der Waals surface area contributed by atoms with Crippen molar-refractivity contribution in [3.63, 3.8) is 0 Å². The SMILES string of the molecule is C=CC(=O)N1CCC(C(=O)N2CCCC2(C)Cc2ccc(F)c(Cl)c2)CC1. The number of rotatable bonds is 4. The van der Waals surface area contributed by atoms with Gasteiger partial charge in [0.05, 0.1) is 5.02 Å². The van der Waals surface area contributed by atoms with Gasteiger partial charge in [-0.1, -0.05) is 24.2 Å². The van der Waals surface area contributed by atoms with Crippen molar-refractivity contribution in [1.82, 2.24) is 9.80 Å². The van der Waals surface area contributed by atoms with Gasteiger partial charge in [-0.25, -0.2) is 4.39 Å². The number of halogens is 2. The molecule has 1 aromatic carbocycles. The third kappa shape index (κ3) is 4.18. The molecule has 4 nitrogen and oxygen atoms in total. The first-order chi connectivity index (χ1) is 12.8. The lowest BCUT2D eigenvalue weighted by molar-refractivity contribution is -0.142. The van der Waals surface area contributed by atoms with Gasteiger partial charge in [-0.05, 0) is 62.8 Å². The molecule has 2 fully saturated rings. The minimum atomic E-state index is -0.425. The van der Waals surface area contributed by atoms with E-state index >= 15 is 0 Å². The van der Waals surface area contributed by atoms with Gasteiger partial charge in [-0.3, -0.25) is 9.59 Å². The Hall–Kier alpha value is -1.88. The van der Waals surface area contributed by atoms with Gasteiger partial charge < -0.3 is 9.80 Å². The van der Waals surface area contributed by atoms with Crippen LogP contribution in [0.4, 0.5) is 4.39 Å². The highest BCUT2D eigenvalue weighted by molar-refractivity contribution is 6.30. The van der Waals surface area contributed by atoms with Gasteiger partial charge in [0.15, 0.2) is 0 Å². The predicted molar refractivity (Wildman–Crippen MR) is 104 cm³/mol. The summed E-state index contributed by atoms with van der Waals surface area (Å²) in [6, 6.07) is 4.78. The standard InChI is InChI=1S/C21H26ClFN2O2/c1-3-19(26)24-11-7-16(8-12-24)20(27)25-10-4-9-21(25,2)14-15-5-6-18(23)17(22)13-15/h3,5-6,13,16H,1,4,7-12,14H2,2H3. The molecular weight excluding hydrogens is 367 g/mol. The first-order valence-corrected chi connectivity index (χ1v) is 9.88. The van der Waals surface area contributed by atoms with Crippen molar-refractivity contribution in [1.29, 1.82) is 0 Å². The van der Waals surface area contributed by atoms with Crippen LogP contribution in [0.15, 0.2) is 30.9 Å². The van der Waals surface area contributed by atoms with Crippen LogP contribution >= 0.6 is 11.6 Å². The van der Waals surface area contributed by atoms with Gasteiger partial charge in [-0.2, -0.15) is 0 Å². The van der Waals surface area contributed by atoms with Gasteiger partial charge in [0.2, 0.25) is 11.8 Å². The van der Waals surface area contributed by atoms with Crippen LogP contribution in [-0.2, 0) is 16.0 Å². The molecule has 2 amide bonds. The van der Waals surface area contributed by atoms with E-state index in [1.165, 1.54) is 12.1 Å². The highest BCUT2D eigenvalue weighted by Gasteiger charge is 2.42. The Morgan fingerprint density at radius 3 is 2.67 bits per heavy atom. The second-order valence-electron chi connectivity index (χ2n) is 7.82. The fourth-order valence-corrected chi connectivity index (χ4v) is 4.57. The van der Waals surface area contributed by atoms with Gasteiger partial charge in [0, 0.05) is 31.1 Å². The molecule has 0 aromatic heterocycles. The smallest absolute Gasteiger partial charge is 0.245 e. The van der Waals surface area contributed by atoms with E-state index in [1.54, 1.807) is 17.0 Å². The second-order valence-corrected chi connectivity index (χ2v) is 8.23. The maximum atomic E-state index is 13.4. The summed E-state index contributed by atoms with van der Waals surface area (Å²) in [5.74, 6) is -0.368. The number of piperidine rings is 1. The molecule has 0 radical (unpaired) electrons. The quantitative estimate of drug-likeness (QED) is 0.731. The molecular formula is C21H26ClFN2O2. The van der Waals surface area contributed by atoms with Gasteiger partial charge in [-0.15, -0.1) is 0 Å². The molecule has 1 aromatic rings. The van der Waals surface area contributed by atoms with Crippen LogP contribution in [0.3, 0.4) is 0 Å². The molecule has 2 aliphatic heterocycles. The van der Waals surface area contributed by atoms with Crippen LogP contribution in [0.25, 0.3) is 0 Å². The first kappa shape index (κ1) is 19.9. The van der Waals surface area contributed by atoms with Gasteiger partial charge in [0.25, 0.3) is 0 Å². The van der Waals surface area contributed by atoms with E-state index in [4.69, 9.17) is 11.6 Å². The number of hydrogen-bond donors (Lipinski definition) is 0. The molecule has 6 heteroatoms. The number of benzene rings is 1. The lowest BCUT2D eigenvalue weighted by Gasteiger charge is -2.40. The average molecular weight is 393 g/mol. The Morgan fingerprint density at radius 2 is 2.04 bits per heavy atom. The summed E-state index contributed by atoms with van der Waals surface area (Å²) in [7, 11) is 0. The zero-order chi connectivity index (χ0) is 19.6. The van der Waals surface area contributed by atoms with Crippen molar-refractivity contribution >= 4 is 23.4 Å². The highest BCUT2D eigenvalue weighted by atomic mass is 35.5. The topological polar surface area (TPSA) is 40.6 Å². The Balaban J connectivity index is 1.68. The molecule has 1 atom stereocenters. The number of nitrogens with zero attached hydrogens (tertiary/aromatic N) is 2. The molecule has 0 aliphatic carbocycles. The average Bonchev–Trinajstić information content (AvgIpc) is 3.04. The second kappa shape index (κ2) is 8.01. The molecule has 0 saturated carbocycles. The summed E-state index contributed by atoms with van der Waals surface area (Å²) in [4.78, 5) is 28.7. The molecule has 2 aliphatic rings. The van der Waals surface area contributed by atoms with Crippen molar-refractivity contribution in [3.8, 4) is 0 Å². The van der Waals surface area contributed by atoms with Crippen molar-refractivity contribution in [3.05, 3.63) is 47.3 Å². The summed E-state index contributed by atoms with van der Waals surface area (Å²) < 4.78 is 13.4. The normalized spacial score (nSPS) is 23.5. The number of carbonyl (C=O) groups excluding carboxylic acids is 2. The Labute approximate surface area is 165 Å². The van der Waals surface area contributed by atoms with E-state index < -0.39 is 5.82 Å². The maximum absolute atomic E-state index is 13.4. The van der Waals surface area contributed by atoms with E-state index in [1.807, 2.05) is 4.90 Å². The van der Waals surface area contributed by atoms with Crippen LogP contribution in [0.5, 0.6) is 0 Å². The largest absolute Gasteiger partial charge is 0.339 e. The number of hydrogen-bond acceptors (Lipinski definition) is 2. The minimum Gasteiger partial charge on any atom is -0.339 e. The van der Waals surface area contributed by atoms with Gasteiger partial charge >= 0.3 is 0 Å². The third-order valence-corrected chi connectivity index (χ3v) is 6.20. The minimum absolute atomic E-state index is 0.0481. The fraction of sp³-hybridized carbons (Fsp3) is 0.524. The Kier molecular flexibility index (Phi) is 5.89. The Bertz CT molecular complexity index is 746. The molecule has 0 spiro atoms. The Morgan fingerprint density at radius 1 is 1.33 bits per heavy atom. The van der Waals surface area contributed by atoms with Crippen LogP contribution in [0.2, 0.25) is 5.02 Å². The van der Waals surface area contributed by atoms with E-state index in [0.717, 1.165) is 24.9 Å². The lowest BCUT2D eigenvalue weighted by atomic mass is 9.88. The first-order valence-electron chi connectivity index (χ1n) is 9.51. The molecule has 27 heavy (non-hydrogen) atoms. The molecule has 0 N–H and O–H groups in total. The van der Waals surface area contributed by atoms with Gasteiger partial charge in [0.1, 0.15) is 5.82 Å². The van der Waals surface area contributed by atoms with E-state index in [0.29, 0.717) is 32.4 Å². The summed E-state index contributed by atoms with van der Waals surface area (Å²) >= 11 is 5.92. The van der Waals surface area contributed by atoms with Crippen molar-refractivity contribution in [2.45, 2.75) is 44.6 Å². The number of amides is 2. The van der Waals surface area contributed by atoms with E-state index in [9.17, 15) is 14.0 Å². The van der Waals surface area contributed by atoms with Crippen molar-refractivity contribution in [2.75, 3.05) is 19.6 Å². The van der Waals surface area contributed by atoms with Crippen LogP contribution < -0.4 is 0 Å². The molecule has 146 valence electrons. The zero-order valence-electron chi connectivity index (χ0n) is 15.7. The summed E-state index contributed by atoms with van der Waals surface area (Å²) in [5, 5.41) is 0.117. The third-order valence-electron chi connectivity index (χ3n) is 5.91. The van der Waals surface area contributed by atoms with Crippen LogP contribution in [-0.4, -0.2) is 46.8 Å². The summed E-state index contributed by atoms with van der Waals surface area (Å²) in [5.41, 5.74) is 0.654. The van der Waals surface area contributed by atoms with Crippen LogP contribution in [0.1, 0.15) is 38.2 Å². The molecule has 2 heterocycles. The van der Waals surface area contributed by atoms with E-state index in [-0.39, 0.29) is 28.3 Å². The maximum Gasteiger partial charge on any atom is 0.245 e. The van der Waals surface area contributed by atoms with Crippen molar-refractivity contribution in [2.24, 2.45) is 5.92 Å². The zero-order valence-corrected chi connectivity index (χ0v) is 16.5.